The van der Waals surface area contributed by atoms with Gasteiger partial charge in [0.15, 0.2) is 0 Å². The summed E-state index contributed by atoms with van der Waals surface area (Å²) in [5.41, 5.74) is 1.61. The minimum absolute atomic E-state index is 0.592. The molecule has 0 bridgehead atoms. The van der Waals surface area contributed by atoms with Gasteiger partial charge in [-0.05, 0) is 38.2 Å². The van der Waals surface area contributed by atoms with Crippen LogP contribution in [-0.2, 0) is 23.1 Å². The molecule has 3 heteroatoms. The summed E-state index contributed by atoms with van der Waals surface area (Å²) in [7, 11) is 0. The van der Waals surface area contributed by atoms with Gasteiger partial charge >= 0.3 is 5.97 Å². The quantitative estimate of drug-likeness (QED) is 0.807. The van der Waals surface area contributed by atoms with Crippen molar-refractivity contribution in [3.8, 4) is 0 Å². The molecule has 1 N–H and O–H groups in total. The molecule has 2 aliphatic carbocycles. The third-order valence-electron chi connectivity index (χ3n) is 3.74. The van der Waals surface area contributed by atoms with E-state index < -0.39 is 11.4 Å². The van der Waals surface area contributed by atoms with Gasteiger partial charge in [0, 0.05) is 12.0 Å². The monoisotopic (exact) mass is 206 g/mol. The van der Waals surface area contributed by atoms with Crippen molar-refractivity contribution in [2.24, 2.45) is 0 Å². The topological polar surface area (TPSA) is 50.4 Å². The molecule has 0 unspecified atom stereocenters. The lowest BCUT2D eigenvalue weighted by Crippen LogP contribution is -2.21. The highest BCUT2D eigenvalue weighted by molar-refractivity contribution is 5.86. The number of fused-ring (bicyclic) bond motifs is 1. The summed E-state index contributed by atoms with van der Waals surface area (Å²) >= 11 is 0. The van der Waals surface area contributed by atoms with Crippen LogP contribution in [0.5, 0.6) is 0 Å². The van der Waals surface area contributed by atoms with Gasteiger partial charge in [-0.15, -0.1) is 0 Å². The van der Waals surface area contributed by atoms with Crippen molar-refractivity contribution in [3.05, 3.63) is 22.6 Å². The van der Waals surface area contributed by atoms with Crippen LogP contribution in [0.3, 0.4) is 0 Å². The van der Waals surface area contributed by atoms with E-state index in [4.69, 9.17) is 4.42 Å². The van der Waals surface area contributed by atoms with Crippen LogP contribution in [0, 0.1) is 6.92 Å². The second kappa shape index (κ2) is 2.65. The molecule has 1 saturated carbocycles. The van der Waals surface area contributed by atoms with E-state index in [-0.39, 0.29) is 0 Å². The molecule has 2 aliphatic rings. The average Bonchev–Trinajstić information content (AvgIpc) is 2.74. The van der Waals surface area contributed by atoms with Crippen molar-refractivity contribution in [3.63, 3.8) is 0 Å². The first-order valence-corrected chi connectivity index (χ1v) is 5.50. The first kappa shape index (κ1) is 9.01. The van der Waals surface area contributed by atoms with E-state index in [0.717, 1.165) is 49.2 Å². The Kier molecular flexibility index (Phi) is 1.59. The Hall–Kier alpha value is -1.25. The smallest absolute Gasteiger partial charge is 0.314 e. The van der Waals surface area contributed by atoms with Crippen molar-refractivity contribution in [1.82, 2.24) is 0 Å². The summed E-state index contributed by atoms with van der Waals surface area (Å²) in [6, 6.07) is 0. The van der Waals surface area contributed by atoms with Gasteiger partial charge in [-0.3, -0.25) is 4.79 Å². The molecule has 1 fully saturated rings. The molecule has 3 rings (SSSR count). The maximum Gasteiger partial charge on any atom is 0.314 e. The molecule has 0 amide bonds. The number of hydrogen-bond acceptors (Lipinski definition) is 2. The molecule has 0 atom stereocenters. The Morgan fingerprint density at radius 1 is 1.40 bits per heavy atom. The first-order chi connectivity index (χ1) is 7.15. The van der Waals surface area contributed by atoms with Gasteiger partial charge in [0.25, 0.3) is 0 Å². The summed E-state index contributed by atoms with van der Waals surface area (Å²) in [6.07, 6.45) is 4.63. The van der Waals surface area contributed by atoms with E-state index in [9.17, 15) is 9.90 Å². The molecule has 1 aromatic heterocycles. The van der Waals surface area contributed by atoms with Crippen molar-refractivity contribution in [2.45, 2.75) is 44.4 Å². The number of carboxylic acids is 1. The fraction of sp³-hybridized carbons (Fsp3) is 0.583. The van der Waals surface area contributed by atoms with Gasteiger partial charge in [-0.2, -0.15) is 0 Å². The van der Waals surface area contributed by atoms with Crippen molar-refractivity contribution in [2.75, 3.05) is 0 Å². The molecule has 0 aromatic carbocycles. The summed E-state index contributed by atoms with van der Waals surface area (Å²) in [4.78, 5) is 11.3. The maximum atomic E-state index is 11.3. The highest BCUT2D eigenvalue weighted by Crippen LogP contribution is 2.53. The van der Waals surface area contributed by atoms with Crippen molar-refractivity contribution < 1.29 is 14.3 Å². The van der Waals surface area contributed by atoms with Gasteiger partial charge in [-0.25, -0.2) is 0 Å². The third-order valence-corrected chi connectivity index (χ3v) is 3.74. The lowest BCUT2D eigenvalue weighted by Gasteiger charge is -2.10. The van der Waals surface area contributed by atoms with Gasteiger partial charge in [-0.1, -0.05) is 0 Å². The molecule has 1 aromatic rings. The van der Waals surface area contributed by atoms with Crippen LogP contribution in [0.2, 0.25) is 0 Å². The molecule has 1 heterocycles. The number of carbonyl (C=O) groups is 1. The average molecular weight is 206 g/mol. The van der Waals surface area contributed by atoms with Crippen LogP contribution in [0.4, 0.5) is 0 Å². The number of hydrogen-bond donors (Lipinski definition) is 1. The summed E-state index contributed by atoms with van der Waals surface area (Å²) in [6.45, 7) is 1.90. The minimum Gasteiger partial charge on any atom is -0.481 e. The Morgan fingerprint density at radius 2 is 2.13 bits per heavy atom. The number of rotatable bonds is 2. The normalized spacial score (nSPS) is 21.4. The van der Waals surface area contributed by atoms with E-state index >= 15 is 0 Å². The van der Waals surface area contributed by atoms with E-state index in [1.807, 2.05) is 6.92 Å². The van der Waals surface area contributed by atoms with Crippen LogP contribution in [-0.4, -0.2) is 11.1 Å². The number of carboxylic acid groups (broad SMARTS) is 1. The summed E-state index contributed by atoms with van der Waals surface area (Å²) < 4.78 is 5.67. The molecular formula is C12H14O3. The van der Waals surface area contributed by atoms with E-state index in [1.54, 1.807) is 0 Å². The van der Waals surface area contributed by atoms with E-state index in [1.165, 1.54) is 5.56 Å². The molecule has 15 heavy (non-hydrogen) atoms. The summed E-state index contributed by atoms with van der Waals surface area (Å²) in [5, 5.41) is 9.29. The number of aryl methyl sites for hydroxylation is 2. The fourth-order valence-electron chi connectivity index (χ4n) is 2.86. The van der Waals surface area contributed by atoms with Crippen LogP contribution in [0.15, 0.2) is 4.42 Å². The fourth-order valence-corrected chi connectivity index (χ4v) is 2.86. The Balaban J connectivity index is 2.16. The summed E-state index contributed by atoms with van der Waals surface area (Å²) in [5.74, 6) is 1.19. The van der Waals surface area contributed by atoms with E-state index in [0.29, 0.717) is 0 Å². The van der Waals surface area contributed by atoms with Gasteiger partial charge in [0.05, 0.1) is 5.41 Å². The minimum atomic E-state index is -0.680. The van der Waals surface area contributed by atoms with Gasteiger partial charge in [0.2, 0.25) is 0 Å². The molecular weight excluding hydrogens is 192 g/mol. The van der Waals surface area contributed by atoms with Crippen LogP contribution >= 0.6 is 0 Å². The Labute approximate surface area is 88.1 Å². The molecule has 0 radical (unpaired) electrons. The lowest BCUT2D eigenvalue weighted by atomic mass is 9.92. The SMILES string of the molecule is Cc1oc2c(c1C1(C(=O)O)CC1)CCC2. The predicted octanol–water partition coefficient (Wildman–Crippen LogP) is 2.19. The highest BCUT2D eigenvalue weighted by Gasteiger charge is 2.55. The number of aliphatic carboxylic acids is 1. The van der Waals surface area contributed by atoms with Crippen molar-refractivity contribution in [1.29, 1.82) is 0 Å². The van der Waals surface area contributed by atoms with Crippen molar-refractivity contribution >= 4 is 5.97 Å². The Bertz CT molecular complexity index is 438. The third kappa shape index (κ3) is 1.03. The van der Waals surface area contributed by atoms with Crippen LogP contribution in [0.1, 0.15) is 41.9 Å². The molecule has 0 spiro atoms. The highest BCUT2D eigenvalue weighted by atomic mass is 16.4. The molecule has 3 nitrogen and oxygen atoms in total. The zero-order valence-corrected chi connectivity index (χ0v) is 8.80. The Morgan fingerprint density at radius 3 is 2.73 bits per heavy atom. The molecule has 80 valence electrons. The standard InChI is InChI=1S/C12H14O3/c1-7-10(12(5-6-12)11(13)14)8-3-2-4-9(8)15-7/h2-6H2,1H3,(H,13,14). The van der Waals surface area contributed by atoms with E-state index in [2.05, 4.69) is 0 Å². The predicted molar refractivity (Wildman–Crippen MR) is 54.0 cm³/mol. The number of furan rings is 1. The maximum absolute atomic E-state index is 11.3. The molecule has 0 aliphatic heterocycles. The van der Waals surface area contributed by atoms with Gasteiger partial charge < -0.3 is 9.52 Å². The zero-order chi connectivity index (χ0) is 10.6. The lowest BCUT2D eigenvalue weighted by molar-refractivity contribution is -0.140. The van der Waals surface area contributed by atoms with Crippen LogP contribution in [0.25, 0.3) is 0 Å². The largest absolute Gasteiger partial charge is 0.481 e. The zero-order valence-electron chi connectivity index (χ0n) is 8.80. The second-order valence-electron chi connectivity index (χ2n) is 4.68. The first-order valence-electron chi connectivity index (χ1n) is 5.50. The van der Waals surface area contributed by atoms with Crippen LogP contribution < -0.4 is 0 Å². The molecule has 0 saturated heterocycles. The second-order valence-corrected chi connectivity index (χ2v) is 4.68. The van der Waals surface area contributed by atoms with Gasteiger partial charge in [0.1, 0.15) is 11.5 Å².